The number of aromatic nitrogens is 2. The second-order valence-electron chi connectivity index (χ2n) is 6.15. The Labute approximate surface area is 161 Å². The van der Waals surface area contributed by atoms with E-state index in [0.717, 1.165) is 21.7 Å². The molecule has 1 aromatic carbocycles. The van der Waals surface area contributed by atoms with Gasteiger partial charge in [0.15, 0.2) is 0 Å². The summed E-state index contributed by atoms with van der Waals surface area (Å²) in [4.78, 5) is 16.3. The smallest absolute Gasteiger partial charge is 0.243 e. The van der Waals surface area contributed by atoms with Crippen molar-refractivity contribution in [1.29, 1.82) is 0 Å². The number of halogens is 1. The van der Waals surface area contributed by atoms with Crippen LogP contribution in [0.4, 0.5) is 0 Å². The van der Waals surface area contributed by atoms with Crippen LogP contribution in [0.15, 0.2) is 33.6 Å². The van der Waals surface area contributed by atoms with E-state index in [9.17, 15) is 13.2 Å². The van der Waals surface area contributed by atoms with Crippen LogP contribution >= 0.6 is 15.9 Å². The summed E-state index contributed by atoms with van der Waals surface area (Å²) in [5, 5.41) is 2.81. The van der Waals surface area contributed by atoms with Crippen LogP contribution in [0.1, 0.15) is 30.6 Å². The molecule has 1 aromatic heterocycles. The van der Waals surface area contributed by atoms with Gasteiger partial charge < -0.3 is 9.88 Å². The molecule has 9 heteroatoms. The van der Waals surface area contributed by atoms with Gasteiger partial charge in [0.25, 0.3) is 0 Å². The standard InChI is InChI=1S/C17H21BrN4O3S/c1-3-17(23)19-10-16-20-14-8-9-22(11-15(14)21(16)2)26(24,25)13-6-4-12(18)5-7-13/h4-7H,3,8-11H2,1-2H3,(H,19,23). The summed E-state index contributed by atoms with van der Waals surface area (Å²) in [6.45, 7) is 2.81. The minimum Gasteiger partial charge on any atom is -0.349 e. The molecule has 2 aromatic rings. The molecule has 1 aliphatic heterocycles. The molecule has 1 aliphatic rings. The van der Waals surface area contributed by atoms with Crippen LogP contribution < -0.4 is 5.32 Å². The fraction of sp³-hybridized carbons (Fsp3) is 0.412. The van der Waals surface area contributed by atoms with Crippen molar-refractivity contribution in [3.63, 3.8) is 0 Å². The third-order valence-electron chi connectivity index (χ3n) is 4.53. The van der Waals surface area contributed by atoms with Gasteiger partial charge in [-0.15, -0.1) is 0 Å². The van der Waals surface area contributed by atoms with Crippen LogP contribution in [-0.2, 0) is 41.4 Å². The lowest BCUT2D eigenvalue weighted by molar-refractivity contribution is -0.120. The monoisotopic (exact) mass is 440 g/mol. The number of imidazole rings is 1. The van der Waals surface area contributed by atoms with Gasteiger partial charge in [-0.1, -0.05) is 22.9 Å². The second kappa shape index (κ2) is 7.50. The number of benzene rings is 1. The molecule has 26 heavy (non-hydrogen) atoms. The van der Waals surface area contributed by atoms with E-state index in [1.54, 1.807) is 31.2 Å². The summed E-state index contributed by atoms with van der Waals surface area (Å²) in [6, 6.07) is 6.65. The Morgan fingerprint density at radius 3 is 2.65 bits per heavy atom. The number of carbonyl (C=O) groups is 1. The first-order valence-corrected chi connectivity index (χ1v) is 10.6. The third-order valence-corrected chi connectivity index (χ3v) is 6.92. The third kappa shape index (κ3) is 3.70. The maximum atomic E-state index is 12.9. The summed E-state index contributed by atoms with van der Waals surface area (Å²) < 4.78 is 30.0. The Morgan fingerprint density at radius 1 is 1.31 bits per heavy atom. The SMILES string of the molecule is CCC(=O)NCc1nc2c(n1C)CN(S(=O)(=O)c1ccc(Br)cc1)CC2. The zero-order valence-corrected chi connectivity index (χ0v) is 17.1. The zero-order valence-electron chi connectivity index (χ0n) is 14.7. The van der Waals surface area contributed by atoms with Crippen molar-refractivity contribution in [3.05, 3.63) is 46.0 Å². The molecule has 3 rings (SSSR count). The van der Waals surface area contributed by atoms with E-state index in [1.807, 2.05) is 11.6 Å². The van der Waals surface area contributed by atoms with E-state index in [2.05, 4.69) is 26.2 Å². The quantitative estimate of drug-likeness (QED) is 0.769. The number of nitrogens with one attached hydrogen (secondary N) is 1. The van der Waals surface area contributed by atoms with Crippen LogP contribution in [0, 0.1) is 0 Å². The van der Waals surface area contributed by atoms with Crippen LogP contribution in [0.5, 0.6) is 0 Å². The predicted octanol–water partition coefficient (Wildman–Crippen LogP) is 1.96. The second-order valence-corrected chi connectivity index (χ2v) is 9.01. The molecule has 2 heterocycles. The highest BCUT2D eigenvalue weighted by Gasteiger charge is 2.31. The molecule has 1 N–H and O–H groups in total. The van der Waals surface area contributed by atoms with E-state index in [-0.39, 0.29) is 17.3 Å². The molecular weight excluding hydrogens is 420 g/mol. The van der Waals surface area contributed by atoms with Crippen molar-refractivity contribution in [2.75, 3.05) is 6.54 Å². The van der Waals surface area contributed by atoms with Gasteiger partial charge in [0, 0.05) is 30.9 Å². The summed E-state index contributed by atoms with van der Waals surface area (Å²) in [5.74, 6) is 0.699. The first kappa shape index (κ1) is 19.1. The van der Waals surface area contributed by atoms with Crippen molar-refractivity contribution >= 4 is 31.9 Å². The molecule has 0 radical (unpaired) electrons. The minimum atomic E-state index is -3.56. The van der Waals surface area contributed by atoms with E-state index in [1.165, 1.54) is 4.31 Å². The van der Waals surface area contributed by atoms with Crippen LogP contribution in [0.2, 0.25) is 0 Å². The summed E-state index contributed by atoms with van der Waals surface area (Å²) in [5.41, 5.74) is 1.77. The van der Waals surface area contributed by atoms with Gasteiger partial charge in [0.1, 0.15) is 5.82 Å². The summed E-state index contributed by atoms with van der Waals surface area (Å²) in [7, 11) is -1.70. The molecule has 0 unspecified atom stereocenters. The lowest BCUT2D eigenvalue weighted by atomic mass is 10.2. The minimum absolute atomic E-state index is 0.0367. The molecule has 0 spiro atoms. The highest BCUT2D eigenvalue weighted by molar-refractivity contribution is 9.10. The van der Waals surface area contributed by atoms with Gasteiger partial charge in [-0.05, 0) is 24.3 Å². The largest absolute Gasteiger partial charge is 0.349 e. The Balaban J connectivity index is 1.82. The Hall–Kier alpha value is -1.71. The average Bonchev–Trinajstić information content (AvgIpc) is 2.95. The number of fused-ring (bicyclic) bond motifs is 1. The molecule has 0 aliphatic carbocycles. The number of nitrogens with zero attached hydrogens (tertiary/aromatic N) is 3. The maximum Gasteiger partial charge on any atom is 0.243 e. The Bertz CT molecular complexity index is 922. The number of sulfonamides is 1. The number of carbonyl (C=O) groups excluding carboxylic acids is 1. The Kier molecular flexibility index (Phi) is 5.50. The number of hydrogen-bond donors (Lipinski definition) is 1. The highest BCUT2D eigenvalue weighted by Crippen LogP contribution is 2.26. The Morgan fingerprint density at radius 2 is 2.00 bits per heavy atom. The molecule has 7 nitrogen and oxygen atoms in total. The van der Waals surface area contributed by atoms with Gasteiger partial charge in [-0.3, -0.25) is 4.79 Å². The average molecular weight is 441 g/mol. The van der Waals surface area contributed by atoms with Crippen LogP contribution in [0.25, 0.3) is 0 Å². The molecule has 0 bridgehead atoms. The number of rotatable bonds is 5. The van der Waals surface area contributed by atoms with Crippen molar-refractivity contribution in [1.82, 2.24) is 19.2 Å². The van der Waals surface area contributed by atoms with Gasteiger partial charge >= 0.3 is 0 Å². The van der Waals surface area contributed by atoms with Crippen molar-refractivity contribution in [3.8, 4) is 0 Å². The van der Waals surface area contributed by atoms with Crippen LogP contribution in [0.3, 0.4) is 0 Å². The molecule has 140 valence electrons. The zero-order chi connectivity index (χ0) is 18.9. The summed E-state index contributed by atoms with van der Waals surface area (Å²) in [6.07, 6.45) is 0.976. The highest BCUT2D eigenvalue weighted by atomic mass is 79.9. The lowest BCUT2D eigenvalue weighted by Gasteiger charge is -2.26. The van der Waals surface area contributed by atoms with E-state index in [4.69, 9.17) is 0 Å². The van der Waals surface area contributed by atoms with Gasteiger partial charge in [-0.25, -0.2) is 13.4 Å². The van der Waals surface area contributed by atoms with Gasteiger partial charge in [0.2, 0.25) is 15.9 Å². The molecule has 0 saturated carbocycles. The fourth-order valence-electron chi connectivity index (χ4n) is 2.94. The summed E-state index contributed by atoms with van der Waals surface area (Å²) >= 11 is 3.32. The molecule has 0 fully saturated rings. The lowest BCUT2D eigenvalue weighted by Crippen LogP contribution is -2.36. The molecule has 1 amide bonds. The van der Waals surface area contributed by atoms with E-state index < -0.39 is 10.0 Å². The van der Waals surface area contributed by atoms with Crippen molar-refractivity contribution < 1.29 is 13.2 Å². The van der Waals surface area contributed by atoms with E-state index >= 15 is 0 Å². The number of hydrogen-bond acceptors (Lipinski definition) is 4. The van der Waals surface area contributed by atoms with Crippen molar-refractivity contribution in [2.45, 2.75) is 37.8 Å². The fourth-order valence-corrected chi connectivity index (χ4v) is 4.61. The molecule has 0 atom stereocenters. The van der Waals surface area contributed by atoms with Gasteiger partial charge in [0.05, 0.1) is 29.4 Å². The predicted molar refractivity (Wildman–Crippen MR) is 101 cm³/mol. The van der Waals surface area contributed by atoms with E-state index in [0.29, 0.717) is 25.9 Å². The maximum absolute atomic E-state index is 12.9. The molecular formula is C17H21BrN4O3S. The first-order valence-electron chi connectivity index (χ1n) is 8.38. The normalized spacial score (nSPS) is 14.9. The number of amides is 1. The molecule has 0 saturated heterocycles. The first-order chi connectivity index (χ1) is 12.3. The van der Waals surface area contributed by atoms with Crippen molar-refractivity contribution in [2.24, 2.45) is 7.05 Å². The van der Waals surface area contributed by atoms with Crippen LogP contribution in [-0.4, -0.2) is 34.7 Å². The topological polar surface area (TPSA) is 84.3 Å². The van der Waals surface area contributed by atoms with Gasteiger partial charge in [-0.2, -0.15) is 4.31 Å².